The highest BCUT2D eigenvalue weighted by Crippen LogP contribution is 2.28. The minimum absolute atomic E-state index is 0.0480. The topological polar surface area (TPSA) is 70.2 Å². The zero-order valence-corrected chi connectivity index (χ0v) is 11.2. The number of anilines is 1. The number of ether oxygens (including phenoxy) is 1. The van der Waals surface area contributed by atoms with Crippen LogP contribution in [0, 0.1) is 0 Å². The maximum absolute atomic E-state index is 12.4. The average molecular weight is 272 g/mol. The fraction of sp³-hybridized carbons (Fsp3) is 0.286. The fourth-order valence-electron chi connectivity index (χ4n) is 2.21. The van der Waals surface area contributed by atoms with Crippen LogP contribution in [0.2, 0.25) is 0 Å². The van der Waals surface area contributed by atoms with Gasteiger partial charge in [0.1, 0.15) is 5.75 Å². The Balaban J connectivity index is 1.66. The van der Waals surface area contributed by atoms with Crippen molar-refractivity contribution >= 4 is 11.6 Å². The maximum Gasteiger partial charge on any atom is 0.265 e. The van der Waals surface area contributed by atoms with E-state index in [9.17, 15) is 4.79 Å². The molecule has 2 aromatic rings. The Labute approximate surface area is 116 Å². The molecular formula is C14H16N4O2. The van der Waals surface area contributed by atoms with Crippen LogP contribution in [-0.2, 0) is 11.3 Å². The number of nitrogens with one attached hydrogen (secondary N) is 2. The Morgan fingerprint density at radius 1 is 1.50 bits per heavy atom. The van der Waals surface area contributed by atoms with Gasteiger partial charge in [-0.1, -0.05) is 12.1 Å². The predicted molar refractivity (Wildman–Crippen MR) is 74.4 cm³/mol. The minimum atomic E-state index is -0.498. The van der Waals surface area contributed by atoms with E-state index < -0.39 is 6.10 Å². The van der Waals surface area contributed by atoms with Crippen molar-refractivity contribution in [2.75, 3.05) is 18.9 Å². The number of hydrogen-bond acceptors (Lipinski definition) is 4. The lowest BCUT2D eigenvalue weighted by atomic mass is 10.2. The molecule has 2 heterocycles. The van der Waals surface area contributed by atoms with Gasteiger partial charge in [-0.05, 0) is 12.1 Å². The monoisotopic (exact) mass is 272 g/mol. The Kier molecular flexibility index (Phi) is 3.28. The smallest absolute Gasteiger partial charge is 0.265 e. The van der Waals surface area contributed by atoms with Crippen molar-refractivity contribution in [3.05, 3.63) is 42.2 Å². The van der Waals surface area contributed by atoms with Gasteiger partial charge < -0.3 is 15.0 Å². The SMILES string of the molecule is CN(Cc1cn[nH]c1)C(=O)C1CNc2ccccc2O1. The third-order valence-corrected chi connectivity index (χ3v) is 3.26. The van der Waals surface area contributed by atoms with Gasteiger partial charge >= 0.3 is 0 Å². The molecule has 0 bridgehead atoms. The first-order chi connectivity index (χ1) is 9.74. The van der Waals surface area contributed by atoms with Crippen molar-refractivity contribution in [2.45, 2.75) is 12.6 Å². The number of aromatic amines is 1. The van der Waals surface area contributed by atoms with Crippen LogP contribution in [0.25, 0.3) is 0 Å². The molecule has 1 atom stereocenters. The lowest BCUT2D eigenvalue weighted by molar-refractivity contribution is -0.137. The number of aromatic nitrogens is 2. The number of carbonyl (C=O) groups is 1. The van der Waals surface area contributed by atoms with Gasteiger partial charge in [0.05, 0.1) is 18.4 Å². The van der Waals surface area contributed by atoms with Gasteiger partial charge in [-0.15, -0.1) is 0 Å². The van der Waals surface area contributed by atoms with Gasteiger partial charge in [-0.25, -0.2) is 0 Å². The van der Waals surface area contributed by atoms with E-state index in [1.54, 1.807) is 24.3 Å². The highest BCUT2D eigenvalue weighted by atomic mass is 16.5. The van der Waals surface area contributed by atoms with Crippen LogP contribution in [0.5, 0.6) is 5.75 Å². The summed E-state index contributed by atoms with van der Waals surface area (Å²) in [6.07, 6.45) is 2.99. The van der Waals surface area contributed by atoms with Crippen LogP contribution in [0.4, 0.5) is 5.69 Å². The molecule has 2 N–H and O–H groups in total. The molecule has 0 spiro atoms. The standard InChI is InChI=1S/C14H16N4O2/c1-18(9-10-6-16-17-7-10)14(19)13-8-15-11-4-2-3-5-12(11)20-13/h2-7,13,15H,8-9H2,1H3,(H,16,17). The Morgan fingerprint density at radius 3 is 3.15 bits per heavy atom. The van der Waals surface area contributed by atoms with E-state index in [0.717, 1.165) is 11.3 Å². The molecular weight excluding hydrogens is 256 g/mol. The summed E-state index contributed by atoms with van der Waals surface area (Å²) in [5.41, 5.74) is 1.89. The molecule has 0 fully saturated rings. The second-order valence-corrected chi connectivity index (χ2v) is 4.78. The van der Waals surface area contributed by atoms with Crippen LogP contribution in [0.3, 0.4) is 0 Å². The summed E-state index contributed by atoms with van der Waals surface area (Å²) in [4.78, 5) is 14.0. The third kappa shape index (κ3) is 2.45. The summed E-state index contributed by atoms with van der Waals surface area (Å²) in [5, 5.41) is 9.82. The van der Waals surface area contributed by atoms with E-state index in [0.29, 0.717) is 18.8 Å². The molecule has 6 heteroatoms. The van der Waals surface area contributed by atoms with Gasteiger partial charge in [0, 0.05) is 25.4 Å². The van der Waals surface area contributed by atoms with Gasteiger partial charge in [-0.2, -0.15) is 5.10 Å². The molecule has 1 aromatic heterocycles. The van der Waals surface area contributed by atoms with Gasteiger partial charge in [0.25, 0.3) is 5.91 Å². The molecule has 20 heavy (non-hydrogen) atoms. The third-order valence-electron chi connectivity index (χ3n) is 3.26. The van der Waals surface area contributed by atoms with Crippen molar-refractivity contribution in [3.63, 3.8) is 0 Å². The largest absolute Gasteiger partial charge is 0.477 e. The quantitative estimate of drug-likeness (QED) is 0.882. The summed E-state index contributed by atoms with van der Waals surface area (Å²) in [7, 11) is 1.76. The number of benzene rings is 1. The van der Waals surface area contributed by atoms with Crippen molar-refractivity contribution in [3.8, 4) is 5.75 Å². The van der Waals surface area contributed by atoms with E-state index in [4.69, 9.17) is 4.74 Å². The number of H-pyrrole nitrogens is 1. The van der Waals surface area contributed by atoms with Crippen LogP contribution < -0.4 is 10.1 Å². The Hall–Kier alpha value is -2.50. The first-order valence-corrected chi connectivity index (χ1v) is 6.46. The average Bonchev–Trinajstić information content (AvgIpc) is 2.99. The highest BCUT2D eigenvalue weighted by molar-refractivity contribution is 5.83. The zero-order valence-electron chi connectivity index (χ0n) is 11.2. The zero-order chi connectivity index (χ0) is 13.9. The molecule has 3 rings (SSSR count). The summed E-state index contributed by atoms with van der Waals surface area (Å²) >= 11 is 0. The number of nitrogens with zero attached hydrogens (tertiary/aromatic N) is 2. The molecule has 1 unspecified atom stereocenters. The molecule has 0 aliphatic carbocycles. The molecule has 1 aliphatic rings. The van der Waals surface area contributed by atoms with E-state index in [-0.39, 0.29) is 5.91 Å². The second kappa shape index (κ2) is 5.24. The number of rotatable bonds is 3. The second-order valence-electron chi connectivity index (χ2n) is 4.78. The summed E-state index contributed by atoms with van der Waals surface area (Å²) in [6.45, 7) is 0.989. The van der Waals surface area contributed by atoms with Crippen molar-refractivity contribution in [1.82, 2.24) is 15.1 Å². The molecule has 0 radical (unpaired) electrons. The summed E-state index contributed by atoms with van der Waals surface area (Å²) in [5.74, 6) is 0.669. The van der Waals surface area contributed by atoms with Gasteiger partial charge in [-0.3, -0.25) is 9.89 Å². The molecule has 0 saturated carbocycles. The lowest BCUT2D eigenvalue weighted by Crippen LogP contribution is -2.45. The van der Waals surface area contributed by atoms with Gasteiger partial charge in [0.15, 0.2) is 6.10 Å². The first-order valence-electron chi connectivity index (χ1n) is 6.46. The number of amides is 1. The Bertz CT molecular complexity index is 597. The van der Waals surface area contributed by atoms with E-state index in [2.05, 4.69) is 15.5 Å². The van der Waals surface area contributed by atoms with E-state index in [1.165, 1.54) is 0 Å². The normalized spacial score (nSPS) is 16.8. The number of para-hydroxylation sites is 2. The van der Waals surface area contributed by atoms with Crippen LogP contribution >= 0.6 is 0 Å². The molecule has 104 valence electrons. The number of hydrogen-bond donors (Lipinski definition) is 2. The summed E-state index contributed by atoms with van der Waals surface area (Å²) < 4.78 is 5.76. The van der Waals surface area contributed by atoms with Crippen molar-refractivity contribution in [2.24, 2.45) is 0 Å². The van der Waals surface area contributed by atoms with Crippen LogP contribution in [-0.4, -0.2) is 40.7 Å². The van der Waals surface area contributed by atoms with Gasteiger partial charge in [0.2, 0.25) is 0 Å². The number of likely N-dealkylation sites (N-methyl/N-ethyl adjacent to an activating group) is 1. The number of carbonyl (C=O) groups excluding carboxylic acids is 1. The van der Waals surface area contributed by atoms with Crippen molar-refractivity contribution in [1.29, 1.82) is 0 Å². The Morgan fingerprint density at radius 2 is 2.35 bits per heavy atom. The molecule has 0 saturated heterocycles. The van der Waals surface area contributed by atoms with Crippen LogP contribution in [0.1, 0.15) is 5.56 Å². The van der Waals surface area contributed by atoms with Crippen molar-refractivity contribution < 1.29 is 9.53 Å². The van der Waals surface area contributed by atoms with Crippen LogP contribution in [0.15, 0.2) is 36.7 Å². The minimum Gasteiger partial charge on any atom is -0.477 e. The summed E-state index contributed by atoms with van der Waals surface area (Å²) in [6, 6.07) is 7.62. The molecule has 6 nitrogen and oxygen atoms in total. The van der Waals surface area contributed by atoms with E-state index in [1.807, 2.05) is 24.3 Å². The maximum atomic E-state index is 12.4. The lowest BCUT2D eigenvalue weighted by Gasteiger charge is -2.29. The number of fused-ring (bicyclic) bond motifs is 1. The molecule has 1 aliphatic heterocycles. The highest BCUT2D eigenvalue weighted by Gasteiger charge is 2.28. The molecule has 1 amide bonds. The molecule has 1 aromatic carbocycles. The van der Waals surface area contributed by atoms with E-state index >= 15 is 0 Å². The fourth-order valence-corrected chi connectivity index (χ4v) is 2.21. The first kappa shape index (κ1) is 12.5. The predicted octanol–water partition coefficient (Wildman–Crippen LogP) is 1.24.